The number of rotatable bonds is 5. The summed E-state index contributed by atoms with van der Waals surface area (Å²) >= 11 is 6.33. The Hall–Kier alpha value is -1.51. The average molecular weight is 290 g/mol. The number of hydrogen-bond donors (Lipinski definition) is 0. The fourth-order valence-corrected chi connectivity index (χ4v) is 2.46. The van der Waals surface area contributed by atoms with Gasteiger partial charge >= 0.3 is 0 Å². The van der Waals surface area contributed by atoms with E-state index >= 15 is 0 Å². The van der Waals surface area contributed by atoms with Gasteiger partial charge in [-0.1, -0.05) is 41.9 Å². The van der Waals surface area contributed by atoms with Crippen molar-refractivity contribution >= 4 is 11.6 Å². The van der Waals surface area contributed by atoms with E-state index in [1.165, 1.54) is 5.56 Å². The monoisotopic (exact) mass is 289 g/mol. The van der Waals surface area contributed by atoms with Gasteiger partial charge in [0.1, 0.15) is 5.75 Å². The number of nitrogens with zero attached hydrogens (tertiary/aromatic N) is 1. The van der Waals surface area contributed by atoms with Gasteiger partial charge in [0, 0.05) is 12.1 Å². The van der Waals surface area contributed by atoms with E-state index in [4.69, 9.17) is 16.3 Å². The second kappa shape index (κ2) is 6.78. The highest BCUT2D eigenvalue weighted by Crippen LogP contribution is 2.36. The molecule has 106 valence electrons. The number of likely N-dealkylation sites (N-methyl/N-ethyl adjacent to an activating group) is 1. The SMILES string of the molecule is COc1cccc(Cl)c1-c1cccc(CCN(C)C)c1. The Morgan fingerprint density at radius 1 is 1.10 bits per heavy atom. The first-order chi connectivity index (χ1) is 9.61. The molecule has 0 fully saturated rings. The van der Waals surface area contributed by atoms with Crippen molar-refractivity contribution in [3.05, 3.63) is 53.1 Å². The lowest BCUT2D eigenvalue weighted by Gasteiger charge is -2.13. The molecule has 0 heterocycles. The summed E-state index contributed by atoms with van der Waals surface area (Å²) in [5.41, 5.74) is 3.37. The second-order valence-electron chi connectivity index (χ2n) is 5.07. The first kappa shape index (κ1) is 14.9. The fraction of sp³-hybridized carbons (Fsp3) is 0.294. The van der Waals surface area contributed by atoms with Crippen molar-refractivity contribution in [1.29, 1.82) is 0 Å². The van der Waals surface area contributed by atoms with E-state index in [1.54, 1.807) is 7.11 Å². The third-order valence-electron chi connectivity index (χ3n) is 3.26. The largest absolute Gasteiger partial charge is 0.496 e. The van der Waals surface area contributed by atoms with Crippen LogP contribution in [0.5, 0.6) is 5.75 Å². The van der Waals surface area contributed by atoms with Crippen LogP contribution in [0, 0.1) is 0 Å². The highest BCUT2D eigenvalue weighted by atomic mass is 35.5. The number of hydrogen-bond acceptors (Lipinski definition) is 2. The van der Waals surface area contributed by atoms with E-state index in [0.717, 1.165) is 29.8 Å². The minimum absolute atomic E-state index is 0.717. The van der Waals surface area contributed by atoms with Crippen molar-refractivity contribution in [3.63, 3.8) is 0 Å². The maximum atomic E-state index is 6.33. The zero-order valence-corrected chi connectivity index (χ0v) is 12.9. The fourth-order valence-electron chi connectivity index (χ4n) is 2.19. The van der Waals surface area contributed by atoms with E-state index in [0.29, 0.717) is 5.02 Å². The molecular formula is C17H20ClNO. The summed E-state index contributed by atoms with van der Waals surface area (Å²) in [5.74, 6) is 0.808. The molecule has 0 aliphatic heterocycles. The summed E-state index contributed by atoms with van der Waals surface area (Å²) in [6.07, 6.45) is 1.02. The third kappa shape index (κ3) is 3.53. The first-order valence-corrected chi connectivity index (χ1v) is 7.06. The molecule has 20 heavy (non-hydrogen) atoms. The molecule has 3 heteroatoms. The molecule has 0 amide bonds. The molecular weight excluding hydrogens is 270 g/mol. The highest BCUT2D eigenvalue weighted by molar-refractivity contribution is 6.33. The lowest BCUT2D eigenvalue weighted by Crippen LogP contribution is -2.14. The summed E-state index contributed by atoms with van der Waals surface area (Å²) in [5, 5.41) is 0.717. The Morgan fingerprint density at radius 3 is 2.55 bits per heavy atom. The molecule has 2 rings (SSSR count). The van der Waals surface area contributed by atoms with E-state index in [2.05, 4.69) is 43.3 Å². The van der Waals surface area contributed by atoms with E-state index in [9.17, 15) is 0 Å². The zero-order chi connectivity index (χ0) is 14.5. The van der Waals surface area contributed by atoms with Crippen LogP contribution in [0.3, 0.4) is 0 Å². The van der Waals surface area contributed by atoms with Crippen molar-refractivity contribution < 1.29 is 4.74 Å². The van der Waals surface area contributed by atoms with Gasteiger partial charge in [-0.15, -0.1) is 0 Å². The molecule has 0 aliphatic carbocycles. The minimum Gasteiger partial charge on any atom is -0.496 e. The van der Waals surface area contributed by atoms with Crippen molar-refractivity contribution in [3.8, 4) is 16.9 Å². The first-order valence-electron chi connectivity index (χ1n) is 6.68. The van der Waals surface area contributed by atoms with Crippen LogP contribution < -0.4 is 4.74 Å². The van der Waals surface area contributed by atoms with Crippen LogP contribution >= 0.6 is 11.6 Å². The van der Waals surface area contributed by atoms with Crippen molar-refractivity contribution in [2.45, 2.75) is 6.42 Å². The van der Waals surface area contributed by atoms with E-state index in [1.807, 2.05) is 18.2 Å². The Morgan fingerprint density at radius 2 is 1.85 bits per heavy atom. The Kier molecular flexibility index (Phi) is 5.05. The normalized spacial score (nSPS) is 10.8. The van der Waals surface area contributed by atoms with Crippen molar-refractivity contribution in [2.24, 2.45) is 0 Å². The van der Waals surface area contributed by atoms with Gasteiger partial charge < -0.3 is 9.64 Å². The van der Waals surface area contributed by atoms with Crippen LogP contribution in [0.4, 0.5) is 0 Å². The number of ether oxygens (including phenoxy) is 1. The standard InChI is InChI=1S/C17H20ClNO/c1-19(2)11-10-13-6-4-7-14(12-13)17-15(18)8-5-9-16(17)20-3/h4-9,12H,10-11H2,1-3H3. The minimum atomic E-state index is 0.717. The molecule has 0 saturated heterocycles. The Bertz CT molecular complexity index is 581. The molecule has 0 N–H and O–H groups in total. The molecule has 0 saturated carbocycles. The smallest absolute Gasteiger partial charge is 0.128 e. The molecule has 0 atom stereocenters. The molecule has 0 aromatic heterocycles. The summed E-state index contributed by atoms with van der Waals surface area (Å²) in [6.45, 7) is 1.03. The van der Waals surface area contributed by atoms with Crippen molar-refractivity contribution in [2.75, 3.05) is 27.7 Å². The molecule has 2 aromatic rings. The van der Waals surface area contributed by atoms with E-state index < -0.39 is 0 Å². The number of benzene rings is 2. The molecule has 2 aromatic carbocycles. The average Bonchev–Trinajstić information content (AvgIpc) is 2.45. The molecule has 0 radical (unpaired) electrons. The van der Waals surface area contributed by atoms with Gasteiger partial charge in [0.15, 0.2) is 0 Å². The summed E-state index contributed by atoms with van der Waals surface area (Å²) in [6, 6.07) is 14.2. The number of methoxy groups -OCH3 is 1. The summed E-state index contributed by atoms with van der Waals surface area (Å²) in [4.78, 5) is 2.18. The van der Waals surface area contributed by atoms with Gasteiger partial charge in [0.05, 0.1) is 12.1 Å². The van der Waals surface area contributed by atoms with Gasteiger partial charge in [0.25, 0.3) is 0 Å². The van der Waals surface area contributed by atoms with Gasteiger partial charge in [0.2, 0.25) is 0 Å². The Balaban J connectivity index is 2.36. The number of halogens is 1. The predicted molar refractivity (Wildman–Crippen MR) is 85.7 cm³/mol. The molecule has 0 unspecified atom stereocenters. The van der Waals surface area contributed by atoms with Crippen LogP contribution in [0.25, 0.3) is 11.1 Å². The zero-order valence-electron chi connectivity index (χ0n) is 12.2. The Labute approximate surface area is 125 Å². The summed E-state index contributed by atoms with van der Waals surface area (Å²) < 4.78 is 5.43. The van der Waals surface area contributed by atoms with Crippen LogP contribution in [0.1, 0.15) is 5.56 Å². The molecule has 0 spiro atoms. The van der Waals surface area contributed by atoms with Gasteiger partial charge in [-0.2, -0.15) is 0 Å². The quantitative estimate of drug-likeness (QED) is 0.821. The van der Waals surface area contributed by atoms with Crippen LogP contribution in [0.2, 0.25) is 5.02 Å². The van der Waals surface area contributed by atoms with E-state index in [-0.39, 0.29) is 0 Å². The van der Waals surface area contributed by atoms with Gasteiger partial charge in [-0.3, -0.25) is 0 Å². The van der Waals surface area contributed by atoms with Crippen LogP contribution in [-0.4, -0.2) is 32.6 Å². The summed E-state index contributed by atoms with van der Waals surface area (Å²) in [7, 11) is 5.84. The topological polar surface area (TPSA) is 12.5 Å². The third-order valence-corrected chi connectivity index (χ3v) is 3.57. The highest BCUT2D eigenvalue weighted by Gasteiger charge is 2.10. The second-order valence-corrected chi connectivity index (χ2v) is 5.48. The lowest BCUT2D eigenvalue weighted by molar-refractivity contribution is 0.413. The van der Waals surface area contributed by atoms with Gasteiger partial charge in [-0.05, 0) is 43.8 Å². The van der Waals surface area contributed by atoms with Crippen molar-refractivity contribution in [1.82, 2.24) is 4.90 Å². The van der Waals surface area contributed by atoms with Crippen LogP contribution in [0.15, 0.2) is 42.5 Å². The maximum Gasteiger partial charge on any atom is 0.128 e. The molecule has 2 nitrogen and oxygen atoms in total. The van der Waals surface area contributed by atoms with Gasteiger partial charge in [-0.25, -0.2) is 0 Å². The maximum absolute atomic E-state index is 6.33. The molecule has 0 bridgehead atoms. The molecule has 0 aliphatic rings. The lowest BCUT2D eigenvalue weighted by atomic mass is 10.0. The predicted octanol–water partition coefficient (Wildman–Crippen LogP) is 4.12. The van der Waals surface area contributed by atoms with Crippen LogP contribution in [-0.2, 0) is 6.42 Å².